The van der Waals surface area contributed by atoms with E-state index in [0.717, 1.165) is 12.8 Å². The lowest BCUT2D eigenvalue weighted by Gasteiger charge is -2.10. The second-order valence-electron chi connectivity index (χ2n) is 4.70. The van der Waals surface area contributed by atoms with Gasteiger partial charge in [0.1, 0.15) is 5.75 Å². The van der Waals surface area contributed by atoms with Gasteiger partial charge in [-0.3, -0.25) is 9.59 Å². The Kier molecular flexibility index (Phi) is 5.35. The van der Waals surface area contributed by atoms with Crippen molar-refractivity contribution in [3.63, 3.8) is 0 Å². The van der Waals surface area contributed by atoms with Gasteiger partial charge < -0.3 is 21.5 Å². The van der Waals surface area contributed by atoms with Crippen LogP contribution in [0.25, 0.3) is 0 Å². The van der Waals surface area contributed by atoms with Gasteiger partial charge in [-0.15, -0.1) is 12.4 Å². The Hall–Kier alpha value is -1.79. The van der Waals surface area contributed by atoms with E-state index in [0.29, 0.717) is 11.4 Å². The molecule has 0 spiro atoms. The Balaban J connectivity index is 0.00000200. The summed E-state index contributed by atoms with van der Waals surface area (Å²) in [7, 11) is 0. The van der Waals surface area contributed by atoms with Crippen molar-refractivity contribution in [2.45, 2.75) is 24.8 Å². The van der Waals surface area contributed by atoms with Crippen LogP contribution in [0.3, 0.4) is 0 Å². The Morgan fingerprint density at radius 2 is 1.85 bits per heavy atom. The molecule has 0 aliphatic heterocycles. The Bertz CT molecular complexity index is 486. The SMILES string of the molecule is Cl.NC(=O)CCOc1ccc(NC(=O)C2(N)CC2)cc1. The maximum atomic E-state index is 11.7. The standard InChI is InChI=1S/C13H17N3O3.ClH/c14-11(17)5-8-19-10-3-1-9(2-4-10)16-12(18)13(15)6-7-13;/h1-4H,5-8,15H2,(H2,14,17)(H,16,18);1H. The van der Waals surface area contributed by atoms with Crippen molar-refractivity contribution in [2.75, 3.05) is 11.9 Å². The minimum absolute atomic E-state index is 0. The minimum Gasteiger partial charge on any atom is -0.493 e. The highest BCUT2D eigenvalue weighted by atomic mass is 35.5. The summed E-state index contributed by atoms with van der Waals surface area (Å²) in [6, 6.07) is 6.88. The lowest BCUT2D eigenvalue weighted by molar-refractivity contribution is -0.119. The van der Waals surface area contributed by atoms with Gasteiger partial charge in [-0.2, -0.15) is 0 Å². The topological polar surface area (TPSA) is 107 Å². The maximum absolute atomic E-state index is 11.7. The van der Waals surface area contributed by atoms with Gasteiger partial charge >= 0.3 is 0 Å². The number of hydrogen-bond donors (Lipinski definition) is 3. The highest BCUT2D eigenvalue weighted by Gasteiger charge is 2.45. The third-order valence-corrected chi connectivity index (χ3v) is 2.97. The molecule has 1 aromatic rings. The molecule has 0 heterocycles. The number of benzene rings is 1. The molecule has 20 heavy (non-hydrogen) atoms. The van der Waals surface area contributed by atoms with Crippen molar-refractivity contribution in [3.05, 3.63) is 24.3 Å². The monoisotopic (exact) mass is 299 g/mol. The van der Waals surface area contributed by atoms with E-state index in [4.69, 9.17) is 16.2 Å². The molecule has 2 rings (SSSR count). The third kappa shape index (κ3) is 4.40. The van der Waals surface area contributed by atoms with Gasteiger partial charge in [0, 0.05) is 5.69 Å². The van der Waals surface area contributed by atoms with Crippen LogP contribution in [0, 0.1) is 0 Å². The zero-order chi connectivity index (χ0) is 13.9. The molecule has 1 aliphatic rings. The highest BCUT2D eigenvalue weighted by molar-refractivity contribution is 6.00. The molecule has 1 fully saturated rings. The zero-order valence-corrected chi connectivity index (χ0v) is 11.7. The smallest absolute Gasteiger partial charge is 0.244 e. The molecule has 1 aliphatic carbocycles. The molecule has 5 N–H and O–H groups in total. The summed E-state index contributed by atoms with van der Waals surface area (Å²) in [4.78, 5) is 22.3. The molecular weight excluding hydrogens is 282 g/mol. The summed E-state index contributed by atoms with van der Waals surface area (Å²) in [5.41, 5.74) is 10.8. The predicted molar refractivity (Wildman–Crippen MR) is 77.8 cm³/mol. The van der Waals surface area contributed by atoms with E-state index < -0.39 is 11.4 Å². The molecule has 1 saturated carbocycles. The molecule has 7 heteroatoms. The number of primary amides is 1. The minimum atomic E-state index is -0.684. The molecular formula is C13H18ClN3O3. The zero-order valence-electron chi connectivity index (χ0n) is 10.9. The fraction of sp³-hybridized carbons (Fsp3) is 0.385. The first-order valence-electron chi connectivity index (χ1n) is 6.11. The molecule has 0 bridgehead atoms. The quantitative estimate of drug-likeness (QED) is 0.722. The molecule has 110 valence electrons. The second-order valence-corrected chi connectivity index (χ2v) is 4.70. The van der Waals surface area contributed by atoms with Crippen LogP contribution in [0.5, 0.6) is 5.75 Å². The van der Waals surface area contributed by atoms with Gasteiger partial charge in [0.05, 0.1) is 18.6 Å². The van der Waals surface area contributed by atoms with Crippen LogP contribution in [0.2, 0.25) is 0 Å². The van der Waals surface area contributed by atoms with Crippen molar-refractivity contribution >= 4 is 29.9 Å². The largest absolute Gasteiger partial charge is 0.493 e. The number of carbonyl (C=O) groups is 2. The molecule has 0 aromatic heterocycles. The van der Waals surface area contributed by atoms with Gasteiger partial charge in [-0.1, -0.05) is 0 Å². The number of anilines is 1. The van der Waals surface area contributed by atoms with Gasteiger partial charge in [-0.25, -0.2) is 0 Å². The van der Waals surface area contributed by atoms with Crippen LogP contribution in [-0.2, 0) is 9.59 Å². The summed E-state index contributed by atoms with van der Waals surface area (Å²) in [5.74, 6) is 0.0598. The summed E-state index contributed by atoms with van der Waals surface area (Å²) in [6.07, 6.45) is 1.63. The first kappa shape index (κ1) is 16.3. The van der Waals surface area contributed by atoms with Crippen LogP contribution < -0.4 is 21.5 Å². The Labute approximate surface area is 123 Å². The highest BCUT2D eigenvalue weighted by Crippen LogP contribution is 2.33. The number of halogens is 1. The molecule has 0 atom stereocenters. The number of nitrogens with two attached hydrogens (primary N) is 2. The van der Waals surface area contributed by atoms with Crippen LogP contribution in [0.1, 0.15) is 19.3 Å². The fourth-order valence-electron chi connectivity index (χ4n) is 1.52. The molecule has 1 aromatic carbocycles. The van der Waals surface area contributed by atoms with E-state index in [9.17, 15) is 9.59 Å². The second kappa shape index (κ2) is 6.58. The summed E-state index contributed by atoms with van der Waals surface area (Å²) < 4.78 is 5.32. The molecule has 0 radical (unpaired) electrons. The van der Waals surface area contributed by atoms with Gasteiger partial charge in [0.25, 0.3) is 0 Å². The van der Waals surface area contributed by atoms with E-state index in [2.05, 4.69) is 5.32 Å². The first-order valence-corrected chi connectivity index (χ1v) is 6.11. The Morgan fingerprint density at radius 3 is 2.35 bits per heavy atom. The van der Waals surface area contributed by atoms with Crippen LogP contribution in [0.15, 0.2) is 24.3 Å². The number of amides is 2. The maximum Gasteiger partial charge on any atom is 0.244 e. The summed E-state index contributed by atoms with van der Waals surface area (Å²) in [6.45, 7) is 0.243. The molecule has 0 saturated heterocycles. The van der Waals surface area contributed by atoms with E-state index in [1.807, 2.05) is 0 Å². The van der Waals surface area contributed by atoms with Crippen LogP contribution in [0.4, 0.5) is 5.69 Å². The Morgan fingerprint density at radius 1 is 1.25 bits per heavy atom. The van der Waals surface area contributed by atoms with Crippen molar-refractivity contribution in [1.82, 2.24) is 0 Å². The number of nitrogens with one attached hydrogen (secondary N) is 1. The molecule has 6 nitrogen and oxygen atoms in total. The van der Waals surface area contributed by atoms with Crippen molar-refractivity contribution in [2.24, 2.45) is 11.5 Å². The summed E-state index contributed by atoms with van der Waals surface area (Å²) in [5, 5.41) is 2.75. The first-order chi connectivity index (χ1) is 8.99. The number of hydrogen-bond acceptors (Lipinski definition) is 4. The average Bonchev–Trinajstić information content (AvgIpc) is 3.10. The third-order valence-electron chi connectivity index (χ3n) is 2.97. The van der Waals surface area contributed by atoms with Crippen LogP contribution in [-0.4, -0.2) is 24.0 Å². The predicted octanol–water partition coefficient (Wildman–Crippen LogP) is 0.792. The van der Waals surface area contributed by atoms with Gasteiger partial charge in [0.15, 0.2) is 0 Å². The van der Waals surface area contributed by atoms with Crippen molar-refractivity contribution in [1.29, 1.82) is 0 Å². The normalized spacial score (nSPS) is 14.8. The fourth-order valence-corrected chi connectivity index (χ4v) is 1.52. The van der Waals surface area contributed by atoms with E-state index in [1.165, 1.54) is 0 Å². The lowest BCUT2D eigenvalue weighted by atomic mass is 10.2. The summed E-state index contributed by atoms with van der Waals surface area (Å²) >= 11 is 0. The van der Waals surface area contributed by atoms with Crippen molar-refractivity contribution < 1.29 is 14.3 Å². The van der Waals surface area contributed by atoms with Gasteiger partial charge in [-0.05, 0) is 37.1 Å². The van der Waals surface area contributed by atoms with E-state index in [1.54, 1.807) is 24.3 Å². The average molecular weight is 300 g/mol. The number of rotatable bonds is 6. The van der Waals surface area contributed by atoms with Crippen molar-refractivity contribution in [3.8, 4) is 5.75 Å². The van der Waals surface area contributed by atoms with E-state index >= 15 is 0 Å². The molecule has 2 amide bonds. The molecule has 0 unspecified atom stereocenters. The van der Waals surface area contributed by atoms with Gasteiger partial charge in [0.2, 0.25) is 11.8 Å². The lowest BCUT2D eigenvalue weighted by Crippen LogP contribution is -2.37. The number of carbonyl (C=O) groups excluding carboxylic acids is 2. The van der Waals surface area contributed by atoms with E-state index in [-0.39, 0.29) is 31.3 Å². The van der Waals surface area contributed by atoms with Crippen LogP contribution >= 0.6 is 12.4 Å². The number of ether oxygens (including phenoxy) is 1.